The zero-order chi connectivity index (χ0) is 23.5. The number of amides is 1. The molecule has 0 bridgehead atoms. The number of benzene rings is 1. The molecule has 2 N–H and O–H groups in total. The number of carbonyl (C=O) groups is 1. The van der Waals surface area contributed by atoms with Gasteiger partial charge in [-0.1, -0.05) is 12.1 Å². The molecule has 1 aliphatic heterocycles. The molecule has 9 nitrogen and oxygen atoms in total. The molecule has 0 saturated carbocycles. The Hall–Kier alpha value is -4.16. The first-order valence-electron chi connectivity index (χ1n) is 9.99. The van der Waals surface area contributed by atoms with Crippen LogP contribution in [0.4, 0.5) is 4.79 Å². The second kappa shape index (κ2) is 8.91. The number of nitrogens with two attached hydrogens (primary N) is 1. The quantitative estimate of drug-likeness (QED) is 0.713. The van der Waals surface area contributed by atoms with Crippen molar-refractivity contribution in [2.75, 3.05) is 33.9 Å². The second-order valence-electron chi connectivity index (χ2n) is 7.37. The molecule has 3 rings (SSSR count). The lowest BCUT2D eigenvalue weighted by molar-refractivity contribution is 0.117. The first-order valence-corrected chi connectivity index (χ1v) is 9.99. The number of hydrogen-bond acceptors (Lipinski definition) is 8. The molecule has 0 radical (unpaired) electrons. The van der Waals surface area contributed by atoms with Crippen molar-refractivity contribution in [3.63, 3.8) is 0 Å². The number of ether oxygens (including phenoxy) is 3. The molecule has 9 heteroatoms. The molecule has 1 aromatic carbocycles. The van der Waals surface area contributed by atoms with Crippen LogP contribution in [0.3, 0.4) is 0 Å². The summed E-state index contributed by atoms with van der Waals surface area (Å²) >= 11 is 0. The molecular formula is C23H23N5O4. The third-order valence-electron chi connectivity index (χ3n) is 5.92. The number of fused-ring (bicyclic) bond motifs is 1. The van der Waals surface area contributed by atoms with Gasteiger partial charge in [0, 0.05) is 24.9 Å². The van der Waals surface area contributed by atoms with Crippen molar-refractivity contribution >= 4 is 6.09 Å². The molecular weight excluding hydrogens is 410 g/mol. The van der Waals surface area contributed by atoms with Crippen LogP contribution < -0.4 is 15.2 Å². The average molecular weight is 433 g/mol. The predicted molar refractivity (Wildman–Crippen MR) is 113 cm³/mol. The van der Waals surface area contributed by atoms with Gasteiger partial charge in [0.2, 0.25) is 5.41 Å². The van der Waals surface area contributed by atoms with Crippen LogP contribution in [-0.2, 0) is 4.74 Å². The van der Waals surface area contributed by atoms with Crippen LogP contribution in [0.2, 0.25) is 0 Å². The molecule has 1 heterocycles. The molecule has 0 fully saturated rings. The van der Waals surface area contributed by atoms with Crippen LogP contribution in [0.5, 0.6) is 11.5 Å². The fourth-order valence-corrected chi connectivity index (χ4v) is 4.45. The highest BCUT2D eigenvalue weighted by molar-refractivity contribution is 5.69. The number of nitriles is 3. The molecule has 32 heavy (non-hydrogen) atoms. The molecule has 164 valence electrons. The highest BCUT2D eigenvalue weighted by atomic mass is 16.5. The number of rotatable bonds is 4. The van der Waals surface area contributed by atoms with Gasteiger partial charge in [-0.25, -0.2) is 4.79 Å². The van der Waals surface area contributed by atoms with E-state index in [-0.39, 0.29) is 24.4 Å². The molecule has 1 aliphatic carbocycles. The number of nitrogens with zero attached hydrogens (tertiary/aromatic N) is 4. The van der Waals surface area contributed by atoms with Gasteiger partial charge in [-0.15, -0.1) is 0 Å². The van der Waals surface area contributed by atoms with E-state index in [2.05, 4.69) is 6.07 Å². The van der Waals surface area contributed by atoms with Gasteiger partial charge in [-0.2, -0.15) is 15.8 Å². The van der Waals surface area contributed by atoms with E-state index in [1.807, 2.05) is 19.1 Å². The number of carbonyl (C=O) groups excluding carboxylic acids is 1. The van der Waals surface area contributed by atoms with Gasteiger partial charge in [0.25, 0.3) is 0 Å². The standard InChI is InChI=1S/C23H23N5O4/c1-4-32-18-6-5-14(9-19(18)30-2)20-15(10-24)21(27)23(12-25,13-26)17-7-8-28(11-16(17)20)22(29)31-3/h5-7,9,16,20H,4,8,11,27H2,1-3H3. The van der Waals surface area contributed by atoms with E-state index in [4.69, 9.17) is 19.9 Å². The van der Waals surface area contributed by atoms with Gasteiger partial charge in [0.15, 0.2) is 11.5 Å². The summed E-state index contributed by atoms with van der Waals surface area (Å²) in [6.07, 6.45) is 1.13. The molecule has 0 aromatic heterocycles. The molecule has 2 unspecified atom stereocenters. The van der Waals surface area contributed by atoms with Gasteiger partial charge in [-0.3, -0.25) is 0 Å². The zero-order valence-electron chi connectivity index (χ0n) is 18.1. The first-order chi connectivity index (χ1) is 15.4. The van der Waals surface area contributed by atoms with Crippen LogP contribution in [0, 0.1) is 45.3 Å². The summed E-state index contributed by atoms with van der Waals surface area (Å²) in [5.74, 6) is -0.113. The Balaban J connectivity index is 2.25. The van der Waals surface area contributed by atoms with E-state index in [1.165, 1.54) is 19.1 Å². The largest absolute Gasteiger partial charge is 0.493 e. The normalized spacial score (nSPS) is 21.2. The van der Waals surface area contributed by atoms with Crippen molar-refractivity contribution in [3.05, 3.63) is 46.7 Å². The summed E-state index contributed by atoms with van der Waals surface area (Å²) in [5.41, 5.74) is 5.74. The zero-order valence-corrected chi connectivity index (χ0v) is 18.1. The topological polar surface area (TPSA) is 145 Å². The maximum atomic E-state index is 12.2. The van der Waals surface area contributed by atoms with Gasteiger partial charge in [-0.05, 0) is 30.2 Å². The first kappa shape index (κ1) is 22.5. The van der Waals surface area contributed by atoms with Gasteiger partial charge in [0.05, 0.1) is 50.3 Å². The Bertz CT molecular complexity index is 1100. The van der Waals surface area contributed by atoms with E-state index in [0.29, 0.717) is 29.2 Å². The number of methoxy groups -OCH3 is 2. The molecule has 1 amide bonds. The molecule has 0 saturated heterocycles. The average Bonchev–Trinajstić information content (AvgIpc) is 2.83. The summed E-state index contributed by atoms with van der Waals surface area (Å²) in [5, 5.41) is 29.9. The molecule has 2 aliphatic rings. The Morgan fingerprint density at radius 2 is 1.97 bits per heavy atom. The minimum absolute atomic E-state index is 0.0862. The molecule has 0 spiro atoms. The summed E-state index contributed by atoms with van der Waals surface area (Å²) in [6.45, 7) is 2.63. The summed E-state index contributed by atoms with van der Waals surface area (Å²) in [7, 11) is 2.80. The van der Waals surface area contributed by atoms with Crippen molar-refractivity contribution in [2.45, 2.75) is 12.8 Å². The SMILES string of the molecule is CCOc1ccc(C2C(C#N)=C(N)C(C#N)(C#N)C3=CCN(C(=O)OC)CC32)cc1OC. The van der Waals surface area contributed by atoms with Crippen LogP contribution in [0.15, 0.2) is 41.1 Å². The molecule has 1 aromatic rings. The Labute approximate surface area is 186 Å². The van der Waals surface area contributed by atoms with Crippen LogP contribution in [-0.4, -0.2) is 44.9 Å². The van der Waals surface area contributed by atoms with Gasteiger partial charge >= 0.3 is 6.09 Å². The van der Waals surface area contributed by atoms with Crippen LogP contribution >= 0.6 is 0 Å². The monoisotopic (exact) mass is 433 g/mol. The fourth-order valence-electron chi connectivity index (χ4n) is 4.45. The molecule has 2 atom stereocenters. The van der Waals surface area contributed by atoms with Crippen molar-refractivity contribution in [1.29, 1.82) is 15.8 Å². The van der Waals surface area contributed by atoms with Crippen LogP contribution in [0.25, 0.3) is 0 Å². The lowest BCUT2D eigenvalue weighted by Gasteiger charge is -2.44. The Kier molecular flexibility index (Phi) is 6.27. The van der Waals surface area contributed by atoms with Crippen molar-refractivity contribution in [1.82, 2.24) is 4.90 Å². The Morgan fingerprint density at radius 3 is 2.53 bits per heavy atom. The van der Waals surface area contributed by atoms with E-state index >= 15 is 0 Å². The highest BCUT2D eigenvalue weighted by Crippen LogP contribution is 2.53. The number of allylic oxidation sites excluding steroid dienone is 2. The van der Waals surface area contributed by atoms with Crippen LogP contribution in [0.1, 0.15) is 18.4 Å². The lowest BCUT2D eigenvalue weighted by Crippen LogP contribution is -2.48. The fraction of sp³-hybridized carbons (Fsp3) is 0.391. The number of hydrogen-bond donors (Lipinski definition) is 1. The minimum Gasteiger partial charge on any atom is -0.493 e. The van der Waals surface area contributed by atoms with Crippen molar-refractivity contribution in [2.24, 2.45) is 17.1 Å². The lowest BCUT2D eigenvalue weighted by atomic mass is 9.60. The van der Waals surface area contributed by atoms with E-state index in [9.17, 15) is 20.6 Å². The van der Waals surface area contributed by atoms with Crippen molar-refractivity contribution < 1.29 is 19.0 Å². The van der Waals surface area contributed by atoms with E-state index in [1.54, 1.807) is 24.3 Å². The third kappa shape index (κ3) is 3.36. The summed E-state index contributed by atoms with van der Waals surface area (Å²) < 4.78 is 15.9. The van der Waals surface area contributed by atoms with Crippen molar-refractivity contribution in [3.8, 4) is 29.7 Å². The van der Waals surface area contributed by atoms with E-state index in [0.717, 1.165) is 0 Å². The minimum atomic E-state index is -1.77. The summed E-state index contributed by atoms with van der Waals surface area (Å²) in [6, 6.07) is 11.4. The highest BCUT2D eigenvalue weighted by Gasteiger charge is 2.53. The van der Waals surface area contributed by atoms with E-state index < -0.39 is 23.3 Å². The maximum absolute atomic E-state index is 12.2. The maximum Gasteiger partial charge on any atom is 0.409 e. The smallest absolute Gasteiger partial charge is 0.409 e. The predicted octanol–water partition coefficient (Wildman–Crippen LogP) is 2.59. The van der Waals surface area contributed by atoms with Gasteiger partial charge < -0.3 is 24.8 Å². The third-order valence-corrected chi connectivity index (χ3v) is 5.92. The Morgan fingerprint density at radius 1 is 1.25 bits per heavy atom. The van der Waals surface area contributed by atoms with Gasteiger partial charge in [0.1, 0.15) is 0 Å². The summed E-state index contributed by atoms with van der Waals surface area (Å²) in [4.78, 5) is 13.7. The second-order valence-corrected chi connectivity index (χ2v) is 7.37.